The molecule has 2 aromatic carbocycles. The molecule has 0 atom stereocenters. The predicted molar refractivity (Wildman–Crippen MR) is 93.6 cm³/mol. The first-order valence-electron chi connectivity index (χ1n) is 7.44. The van der Waals surface area contributed by atoms with E-state index in [1.54, 1.807) is 6.07 Å². The molecule has 28 heavy (non-hydrogen) atoms. The molecule has 3 N–H and O–H groups in total. The van der Waals surface area contributed by atoms with Gasteiger partial charge in [-0.15, -0.1) is 0 Å². The molecular formula is C17H12F3N3O4S. The van der Waals surface area contributed by atoms with Crippen LogP contribution in [0.25, 0.3) is 0 Å². The van der Waals surface area contributed by atoms with Crippen LogP contribution in [0.5, 0.6) is 0 Å². The largest absolute Gasteiger partial charge is 0.418 e. The molecule has 0 aliphatic carbocycles. The molecule has 0 unspecified atom stereocenters. The average Bonchev–Trinajstić information content (AvgIpc) is 2.61. The average molecular weight is 411 g/mol. The lowest BCUT2D eigenvalue weighted by atomic mass is 10.1. The quantitative estimate of drug-likeness (QED) is 0.394. The zero-order valence-electron chi connectivity index (χ0n) is 13.9. The molecule has 0 bridgehead atoms. The number of nitrogens with zero attached hydrogens (tertiary/aromatic N) is 1. The smallest absolute Gasteiger partial charge is 0.360 e. The molecule has 0 fully saturated rings. The van der Waals surface area contributed by atoms with Gasteiger partial charge < -0.3 is 10.6 Å². The summed E-state index contributed by atoms with van der Waals surface area (Å²) in [5, 5.41) is 13.7. The molecule has 0 radical (unpaired) electrons. The van der Waals surface area contributed by atoms with Gasteiger partial charge in [-0.05, 0) is 36.4 Å². The van der Waals surface area contributed by atoms with Gasteiger partial charge in [0.05, 0.1) is 16.1 Å². The third-order valence-corrected chi connectivity index (χ3v) is 4.25. The molecule has 0 aliphatic rings. The van der Waals surface area contributed by atoms with E-state index in [-0.39, 0.29) is 10.6 Å². The molecule has 146 valence electrons. The Morgan fingerprint density at radius 1 is 1.11 bits per heavy atom. The molecule has 11 heteroatoms. The fraction of sp³-hybridized carbons (Fsp3) is 0.0588. The Hall–Kier alpha value is -3.36. The number of para-hydroxylation sites is 1. The summed E-state index contributed by atoms with van der Waals surface area (Å²) in [7, 11) is -4.37. The molecule has 0 heterocycles. The SMILES string of the molecule is N#C/C(=C/Nc1ccc(S(=O)(=O)O)cc1)C(=O)Nc1ccccc1C(F)(F)F. The van der Waals surface area contributed by atoms with Gasteiger partial charge in [-0.3, -0.25) is 9.35 Å². The van der Waals surface area contributed by atoms with E-state index in [1.165, 1.54) is 18.2 Å². The normalized spacial score (nSPS) is 12.2. The number of hydrogen-bond donors (Lipinski definition) is 3. The first kappa shape index (κ1) is 20.9. The summed E-state index contributed by atoms with van der Waals surface area (Å²) in [6, 6.07) is 10.5. The van der Waals surface area contributed by atoms with Crippen LogP contribution in [-0.4, -0.2) is 18.9 Å². The van der Waals surface area contributed by atoms with E-state index in [0.717, 1.165) is 36.5 Å². The molecule has 0 saturated carbocycles. The molecule has 0 aromatic heterocycles. The lowest BCUT2D eigenvalue weighted by Gasteiger charge is -2.13. The van der Waals surface area contributed by atoms with E-state index in [0.29, 0.717) is 0 Å². The second-order valence-electron chi connectivity index (χ2n) is 5.31. The molecule has 1 amide bonds. The van der Waals surface area contributed by atoms with Crippen molar-refractivity contribution in [1.82, 2.24) is 0 Å². The lowest BCUT2D eigenvalue weighted by Crippen LogP contribution is -2.18. The number of alkyl halides is 3. The number of benzene rings is 2. The zero-order chi connectivity index (χ0) is 20.9. The van der Waals surface area contributed by atoms with E-state index in [1.807, 2.05) is 5.32 Å². The summed E-state index contributed by atoms with van der Waals surface area (Å²) in [4.78, 5) is 11.8. The van der Waals surface area contributed by atoms with Gasteiger partial charge in [0.2, 0.25) is 0 Å². The Bertz CT molecular complexity index is 1060. The van der Waals surface area contributed by atoms with Crippen molar-refractivity contribution in [1.29, 1.82) is 5.26 Å². The van der Waals surface area contributed by atoms with Crippen LogP contribution in [0.3, 0.4) is 0 Å². The van der Waals surface area contributed by atoms with Gasteiger partial charge in [0.15, 0.2) is 0 Å². The van der Waals surface area contributed by atoms with E-state index in [4.69, 9.17) is 9.81 Å². The van der Waals surface area contributed by atoms with Crippen molar-refractivity contribution in [3.63, 3.8) is 0 Å². The topological polar surface area (TPSA) is 119 Å². The first-order valence-corrected chi connectivity index (χ1v) is 8.88. The number of halogens is 3. The maximum absolute atomic E-state index is 13.0. The van der Waals surface area contributed by atoms with Gasteiger partial charge >= 0.3 is 6.18 Å². The van der Waals surface area contributed by atoms with Gasteiger partial charge in [0, 0.05) is 11.9 Å². The van der Waals surface area contributed by atoms with Crippen molar-refractivity contribution in [2.24, 2.45) is 0 Å². The van der Waals surface area contributed by atoms with Crippen molar-refractivity contribution in [3.05, 3.63) is 65.9 Å². The van der Waals surface area contributed by atoms with Crippen molar-refractivity contribution in [2.45, 2.75) is 11.1 Å². The van der Waals surface area contributed by atoms with Crippen LogP contribution >= 0.6 is 0 Å². The van der Waals surface area contributed by atoms with Gasteiger partial charge in [-0.25, -0.2) is 0 Å². The van der Waals surface area contributed by atoms with Crippen molar-refractivity contribution in [3.8, 4) is 6.07 Å². The van der Waals surface area contributed by atoms with Crippen LogP contribution < -0.4 is 10.6 Å². The van der Waals surface area contributed by atoms with Gasteiger partial charge in [0.1, 0.15) is 11.6 Å². The minimum absolute atomic E-state index is 0.267. The van der Waals surface area contributed by atoms with Gasteiger partial charge in [0.25, 0.3) is 16.0 Å². The monoisotopic (exact) mass is 411 g/mol. The van der Waals surface area contributed by atoms with E-state index >= 15 is 0 Å². The minimum atomic E-state index is -4.69. The van der Waals surface area contributed by atoms with Crippen LogP contribution in [0, 0.1) is 11.3 Å². The van der Waals surface area contributed by atoms with Gasteiger partial charge in [-0.2, -0.15) is 26.9 Å². The van der Waals surface area contributed by atoms with Crippen molar-refractivity contribution >= 4 is 27.4 Å². The summed E-state index contributed by atoms with van der Waals surface area (Å²) < 4.78 is 69.7. The number of hydrogen-bond acceptors (Lipinski definition) is 5. The van der Waals surface area contributed by atoms with Crippen LogP contribution in [-0.2, 0) is 21.1 Å². The third-order valence-electron chi connectivity index (χ3n) is 3.38. The van der Waals surface area contributed by atoms with Crippen LogP contribution in [0.2, 0.25) is 0 Å². The molecular weight excluding hydrogens is 399 g/mol. The second-order valence-corrected chi connectivity index (χ2v) is 6.73. The molecule has 0 aliphatic heterocycles. The van der Waals surface area contributed by atoms with E-state index in [2.05, 4.69) is 5.32 Å². The van der Waals surface area contributed by atoms with Gasteiger partial charge in [-0.1, -0.05) is 12.1 Å². The molecule has 0 spiro atoms. The summed E-state index contributed by atoms with van der Waals surface area (Å²) >= 11 is 0. The molecule has 0 saturated heterocycles. The summed E-state index contributed by atoms with van der Waals surface area (Å²) in [6.07, 6.45) is -3.73. The second kappa shape index (κ2) is 8.12. The van der Waals surface area contributed by atoms with E-state index < -0.39 is 39.0 Å². The molecule has 2 aromatic rings. The number of carbonyl (C=O) groups is 1. The number of rotatable bonds is 5. The summed E-state index contributed by atoms with van der Waals surface area (Å²) in [5.74, 6) is -1.07. The standard InChI is InChI=1S/C17H12F3N3O4S/c18-17(19,20)14-3-1-2-4-15(14)23-16(24)11(9-21)10-22-12-5-7-13(8-6-12)28(25,26)27/h1-8,10,22H,(H,23,24)(H,25,26,27)/b11-10-. The third kappa shape index (κ3) is 5.32. The molecule has 7 nitrogen and oxygen atoms in total. The lowest BCUT2D eigenvalue weighted by molar-refractivity contribution is -0.137. The fourth-order valence-corrected chi connectivity index (χ4v) is 2.54. The number of anilines is 2. The highest BCUT2D eigenvalue weighted by Crippen LogP contribution is 2.34. The highest BCUT2D eigenvalue weighted by molar-refractivity contribution is 7.85. The number of carbonyl (C=O) groups excluding carboxylic acids is 1. The Balaban J connectivity index is 2.17. The maximum Gasteiger partial charge on any atom is 0.418 e. The van der Waals surface area contributed by atoms with Crippen molar-refractivity contribution in [2.75, 3.05) is 10.6 Å². The number of nitrogens with one attached hydrogen (secondary N) is 2. The van der Waals surface area contributed by atoms with Crippen LogP contribution in [0.4, 0.5) is 24.5 Å². The van der Waals surface area contributed by atoms with Crippen LogP contribution in [0.1, 0.15) is 5.56 Å². The van der Waals surface area contributed by atoms with E-state index in [9.17, 15) is 26.4 Å². The first-order chi connectivity index (χ1) is 13.0. The fourth-order valence-electron chi connectivity index (χ4n) is 2.06. The molecule has 2 rings (SSSR count). The van der Waals surface area contributed by atoms with Crippen LogP contribution in [0.15, 0.2) is 65.2 Å². The van der Waals surface area contributed by atoms with Crippen molar-refractivity contribution < 1.29 is 30.9 Å². The number of nitriles is 1. The highest BCUT2D eigenvalue weighted by Gasteiger charge is 2.33. The Kier molecular flexibility index (Phi) is 6.07. The zero-order valence-corrected chi connectivity index (χ0v) is 14.7. The Morgan fingerprint density at radius 2 is 1.71 bits per heavy atom. The summed E-state index contributed by atoms with van der Waals surface area (Å²) in [5.41, 5.74) is -1.81. The Labute approximate surface area is 157 Å². The maximum atomic E-state index is 13.0. The number of amides is 1. The summed E-state index contributed by atoms with van der Waals surface area (Å²) in [6.45, 7) is 0. The predicted octanol–water partition coefficient (Wildman–Crippen LogP) is 3.41. The Morgan fingerprint density at radius 3 is 2.25 bits per heavy atom. The highest BCUT2D eigenvalue weighted by atomic mass is 32.2. The minimum Gasteiger partial charge on any atom is -0.360 e.